The summed E-state index contributed by atoms with van der Waals surface area (Å²) in [4.78, 5) is 4.33. The van der Waals surface area contributed by atoms with Crippen molar-refractivity contribution in [2.45, 2.75) is 26.5 Å². The van der Waals surface area contributed by atoms with Gasteiger partial charge in [-0.2, -0.15) is 0 Å². The van der Waals surface area contributed by atoms with Gasteiger partial charge < -0.3 is 14.8 Å². The molecule has 0 amide bonds. The fraction of sp³-hybridized carbons (Fsp3) is 0.353. The summed E-state index contributed by atoms with van der Waals surface area (Å²) in [6.45, 7) is 4.46. The molecular weight excluding hydrogens is 264 g/mol. The zero-order valence-electron chi connectivity index (χ0n) is 12.6. The Hall–Kier alpha value is -2.07. The van der Waals surface area contributed by atoms with Crippen molar-refractivity contribution in [2.24, 2.45) is 0 Å². The van der Waals surface area contributed by atoms with Gasteiger partial charge in [0.05, 0.1) is 12.8 Å². The van der Waals surface area contributed by atoms with Crippen molar-refractivity contribution in [1.82, 2.24) is 10.3 Å². The highest BCUT2D eigenvalue weighted by Crippen LogP contribution is 2.15. The van der Waals surface area contributed by atoms with Crippen LogP contribution in [-0.4, -0.2) is 18.6 Å². The first kappa shape index (κ1) is 15.3. The molecule has 21 heavy (non-hydrogen) atoms. The number of benzene rings is 1. The van der Waals surface area contributed by atoms with Crippen molar-refractivity contribution >= 4 is 0 Å². The quantitative estimate of drug-likeness (QED) is 0.757. The minimum Gasteiger partial charge on any atom is -0.497 e. The van der Waals surface area contributed by atoms with Crippen LogP contribution < -0.4 is 14.8 Å². The van der Waals surface area contributed by atoms with Crippen molar-refractivity contribution in [3.63, 3.8) is 0 Å². The summed E-state index contributed by atoms with van der Waals surface area (Å²) >= 11 is 0. The topological polar surface area (TPSA) is 43.4 Å². The number of hydrogen-bond donors (Lipinski definition) is 1. The Morgan fingerprint density at radius 3 is 2.62 bits per heavy atom. The second-order valence-corrected chi connectivity index (χ2v) is 4.80. The molecule has 0 fully saturated rings. The molecule has 1 N–H and O–H groups in total. The van der Waals surface area contributed by atoms with Gasteiger partial charge in [0.25, 0.3) is 0 Å². The summed E-state index contributed by atoms with van der Waals surface area (Å²) < 4.78 is 10.9. The van der Waals surface area contributed by atoms with Gasteiger partial charge in [0.1, 0.15) is 18.1 Å². The average Bonchev–Trinajstić information content (AvgIpc) is 2.54. The molecule has 2 aromatic rings. The summed E-state index contributed by atoms with van der Waals surface area (Å²) in [6, 6.07) is 11.7. The third kappa shape index (κ3) is 5.08. The normalized spacial score (nSPS) is 10.4. The van der Waals surface area contributed by atoms with E-state index in [1.807, 2.05) is 36.4 Å². The maximum Gasteiger partial charge on any atom is 0.123 e. The van der Waals surface area contributed by atoms with Crippen LogP contribution in [0.1, 0.15) is 24.6 Å². The third-order valence-corrected chi connectivity index (χ3v) is 3.09. The maximum atomic E-state index is 5.80. The molecule has 0 aliphatic carbocycles. The first-order valence-electron chi connectivity index (χ1n) is 7.23. The molecular formula is C17H22N2O2. The summed E-state index contributed by atoms with van der Waals surface area (Å²) in [5.74, 6) is 1.70. The highest BCUT2D eigenvalue weighted by molar-refractivity contribution is 5.28. The van der Waals surface area contributed by atoms with Crippen molar-refractivity contribution in [3.05, 3.63) is 53.9 Å². The standard InChI is InChI=1S/C17H22N2O2/c1-3-9-18-12-15-11-17(8-10-19-15)21-13-14-4-6-16(20-2)7-5-14/h4-8,10-11,18H,3,9,12-13H2,1-2H3. The molecule has 0 atom stereocenters. The predicted octanol–water partition coefficient (Wildman–Crippen LogP) is 3.17. The van der Waals surface area contributed by atoms with E-state index < -0.39 is 0 Å². The number of methoxy groups -OCH3 is 1. The van der Waals surface area contributed by atoms with Crippen LogP contribution in [0, 0.1) is 0 Å². The van der Waals surface area contributed by atoms with Crippen molar-refractivity contribution in [1.29, 1.82) is 0 Å². The van der Waals surface area contributed by atoms with E-state index >= 15 is 0 Å². The lowest BCUT2D eigenvalue weighted by atomic mass is 10.2. The average molecular weight is 286 g/mol. The van der Waals surface area contributed by atoms with Crippen molar-refractivity contribution < 1.29 is 9.47 Å². The Morgan fingerprint density at radius 2 is 1.90 bits per heavy atom. The van der Waals surface area contributed by atoms with Gasteiger partial charge in [-0.1, -0.05) is 19.1 Å². The number of hydrogen-bond acceptors (Lipinski definition) is 4. The van der Waals surface area contributed by atoms with Crippen LogP contribution in [0.5, 0.6) is 11.5 Å². The number of aromatic nitrogens is 1. The maximum absolute atomic E-state index is 5.80. The minimum atomic E-state index is 0.538. The number of pyridine rings is 1. The molecule has 0 radical (unpaired) electrons. The molecule has 112 valence electrons. The lowest BCUT2D eigenvalue weighted by molar-refractivity contribution is 0.305. The summed E-state index contributed by atoms with van der Waals surface area (Å²) in [5, 5.41) is 3.33. The fourth-order valence-electron chi connectivity index (χ4n) is 1.92. The van der Waals surface area contributed by atoms with E-state index in [0.717, 1.165) is 42.3 Å². The van der Waals surface area contributed by atoms with Crippen LogP contribution in [0.2, 0.25) is 0 Å². The van der Waals surface area contributed by atoms with E-state index in [9.17, 15) is 0 Å². The molecule has 4 nitrogen and oxygen atoms in total. The lowest BCUT2D eigenvalue weighted by Crippen LogP contribution is -2.14. The van der Waals surface area contributed by atoms with Gasteiger partial charge in [0, 0.05) is 18.8 Å². The van der Waals surface area contributed by atoms with Gasteiger partial charge in [0.15, 0.2) is 0 Å². The molecule has 0 unspecified atom stereocenters. The first-order valence-corrected chi connectivity index (χ1v) is 7.23. The van der Waals surface area contributed by atoms with Gasteiger partial charge in [-0.25, -0.2) is 0 Å². The molecule has 1 heterocycles. The van der Waals surface area contributed by atoms with E-state index in [2.05, 4.69) is 17.2 Å². The van der Waals surface area contributed by atoms with Gasteiger partial charge in [-0.15, -0.1) is 0 Å². The van der Waals surface area contributed by atoms with Gasteiger partial charge in [-0.05, 0) is 36.7 Å². The minimum absolute atomic E-state index is 0.538. The SMILES string of the molecule is CCCNCc1cc(OCc2ccc(OC)cc2)ccn1. The van der Waals surface area contributed by atoms with E-state index in [4.69, 9.17) is 9.47 Å². The second-order valence-electron chi connectivity index (χ2n) is 4.80. The van der Waals surface area contributed by atoms with E-state index in [1.165, 1.54) is 0 Å². The van der Waals surface area contributed by atoms with E-state index in [0.29, 0.717) is 6.61 Å². The molecule has 2 rings (SSSR count). The van der Waals surface area contributed by atoms with Crippen LogP contribution >= 0.6 is 0 Å². The molecule has 4 heteroatoms. The van der Waals surface area contributed by atoms with Gasteiger partial charge >= 0.3 is 0 Å². The Bertz CT molecular complexity index is 541. The molecule has 1 aromatic carbocycles. The Kier molecular flexibility index (Phi) is 6.03. The Balaban J connectivity index is 1.88. The van der Waals surface area contributed by atoms with Crippen molar-refractivity contribution in [3.8, 4) is 11.5 Å². The van der Waals surface area contributed by atoms with Crippen LogP contribution in [0.3, 0.4) is 0 Å². The van der Waals surface area contributed by atoms with Crippen LogP contribution in [0.25, 0.3) is 0 Å². The highest BCUT2D eigenvalue weighted by Gasteiger charge is 2.00. The first-order chi connectivity index (χ1) is 10.3. The van der Waals surface area contributed by atoms with Crippen LogP contribution in [-0.2, 0) is 13.2 Å². The Morgan fingerprint density at radius 1 is 1.10 bits per heavy atom. The monoisotopic (exact) mass is 286 g/mol. The van der Waals surface area contributed by atoms with Crippen LogP contribution in [0.4, 0.5) is 0 Å². The number of rotatable bonds is 8. The van der Waals surface area contributed by atoms with E-state index in [-0.39, 0.29) is 0 Å². The van der Waals surface area contributed by atoms with Crippen molar-refractivity contribution in [2.75, 3.05) is 13.7 Å². The smallest absolute Gasteiger partial charge is 0.123 e. The zero-order chi connectivity index (χ0) is 14.9. The third-order valence-electron chi connectivity index (χ3n) is 3.09. The highest BCUT2D eigenvalue weighted by atomic mass is 16.5. The number of ether oxygens (including phenoxy) is 2. The molecule has 0 bridgehead atoms. The van der Waals surface area contributed by atoms with E-state index in [1.54, 1.807) is 13.3 Å². The fourth-order valence-corrected chi connectivity index (χ4v) is 1.92. The molecule has 1 aromatic heterocycles. The molecule has 0 spiro atoms. The predicted molar refractivity (Wildman–Crippen MR) is 83.6 cm³/mol. The molecule has 0 saturated heterocycles. The molecule has 0 saturated carbocycles. The van der Waals surface area contributed by atoms with Crippen LogP contribution in [0.15, 0.2) is 42.6 Å². The largest absolute Gasteiger partial charge is 0.497 e. The summed E-state index contributed by atoms with van der Waals surface area (Å²) in [5.41, 5.74) is 2.11. The number of nitrogens with one attached hydrogen (secondary N) is 1. The summed E-state index contributed by atoms with van der Waals surface area (Å²) in [6.07, 6.45) is 2.90. The summed E-state index contributed by atoms with van der Waals surface area (Å²) in [7, 11) is 1.66. The molecule has 0 aliphatic heterocycles. The zero-order valence-corrected chi connectivity index (χ0v) is 12.6. The molecule has 0 aliphatic rings. The van der Waals surface area contributed by atoms with Gasteiger partial charge in [-0.3, -0.25) is 4.98 Å². The second kappa shape index (κ2) is 8.27. The van der Waals surface area contributed by atoms with Gasteiger partial charge in [0.2, 0.25) is 0 Å². The Labute approximate surface area is 126 Å². The lowest BCUT2D eigenvalue weighted by Gasteiger charge is -2.09. The number of nitrogens with zero attached hydrogens (tertiary/aromatic N) is 1.